The smallest absolute Gasteiger partial charge is 0.395 e. The zero-order valence-electron chi connectivity index (χ0n) is 23.2. The summed E-state index contributed by atoms with van der Waals surface area (Å²) < 4.78 is 61.4. The lowest BCUT2D eigenvalue weighted by atomic mass is 10.2. The first kappa shape index (κ1) is 32.7. The molecule has 0 unspecified atom stereocenters. The first-order valence-electron chi connectivity index (χ1n) is 12.6. The van der Waals surface area contributed by atoms with Crippen molar-refractivity contribution >= 4 is 50.6 Å². The predicted octanol–water partition coefficient (Wildman–Crippen LogP) is 3.08. The highest BCUT2D eigenvalue weighted by Crippen LogP contribution is 2.42. The fourth-order valence-electron chi connectivity index (χ4n) is 3.72. The molecular weight excluding hydrogens is 638 g/mol. The van der Waals surface area contributed by atoms with E-state index in [4.69, 9.17) is 11.5 Å². The van der Waals surface area contributed by atoms with Gasteiger partial charge in [-0.05, 0) is 59.0 Å². The van der Waals surface area contributed by atoms with Crippen molar-refractivity contribution in [1.82, 2.24) is 9.97 Å². The summed E-state index contributed by atoms with van der Waals surface area (Å²) in [7, 11) is -2.52. The normalized spacial score (nSPS) is 12.9. The fourth-order valence-corrected chi connectivity index (χ4v) is 5.19. The molecule has 5 rings (SSSR count). The Bertz CT molecular complexity index is 1850. The van der Waals surface area contributed by atoms with Gasteiger partial charge in [-0.15, -0.1) is 20.1 Å². The number of ether oxygens (including phenoxy) is 2. The molecule has 6 N–H and O–H groups in total. The lowest BCUT2D eigenvalue weighted by Crippen LogP contribution is -2.25. The molecule has 18 heteroatoms. The topological polar surface area (TPSA) is 215 Å². The van der Waals surface area contributed by atoms with E-state index in [2.05, 4.69) is 34.3 Å². The molecule has 236 valence electrons. The van der Waals surface area contributed by atoms with Crippen molar-refractivity contribution in [2.45, 2.75) is 18.6 Å². The van der Waals surface area contributed by atoms with Gasteiger partial charge in [0, 0.05) is 30.7 Å². The van der Waals surface area contributed by atoms with Crippen molar-refractivity contribution in [3.63, 3.8) is 0 Å². The summed E-state index contributed by atoms with van der Waals surface area (Å²) in [4.78, 5) is 42.6. The first-order valence-corrected chi connectivity index (χ1v) is 15.0. The number of halogens is 2. The van der Waals surface area contributed by atoms with E-state index in [0.29, 0.717) is 22.7 Å². The molecule has 1 aliphatic rings. The van der Waals surface area contributed by atoms with Crippen LogP contribution in [0.2, 0.25) is 0 Å². The number of benzene rings is 1. The summed E-state index contributed by atoms with van der Waals surface area (Å²) in [6.45, 7) is 0.332. The van der Waals surface area contributed by atoms with Gasteiger partial charge >= 0.3 is 6.29 Å². The van der Waals surface area contributed by atoms with Crippen molar-refractivity contribution in [2.75, 3.05) is 17.7 Å². The number of anilines is 2. The highest BCUT2D eigenvalue weighted by Gasteiger charge is 2.43. The molecule has 14 nitrogen and oxygen atoms in total. The molecule has 1 aliphatic heterocycles. The molecule has 0 fully saturated rings. The highest BCUT2D eigenvalue weighted by molar-refractivity contribution is 7.85. The zero-order chi connectivity index (χ0) is 32.8. The van der Waals surface area contributed by atoms with Crippen LogP contribution in [0.15, 0.2) is 66.3 Å². The Kier molecular flexibility index (Phi) is 9.90. The molecule has 0 bridgehead atoms. The number of aromatic nitrogens is 2. The largest absolute Gasteiger partial charge is 0.586 e. The maximum Gasteiger partial charge on any atom is 0.586 e. The predicted molar refractivity (Wildman–Crippen MR) is 157 cm³/mol. The van der Waals surface area contributed by atoms with E-state index in [1.54, 1.807) is 23.6 Å². The van der Waals surface area contributed by atoms with Crippen LogP contribution in [0.1, 0.15) is 41.8 Å². The number of nitrogens with two attached hydrogens (primary N) is 2. The molecule has 4 aromatic rings. The van der Waals surface area contributed by atoms with Gasteiger partial charge in [0.05, 0.1) is 12.8 Å². The van der Waals surface area contributed by atoms with Gasteiger partial charge in [-0.25, -0.2) is 0 Å². The molecule has 3 aromatic heterocycles. The molecule has 0 saturated carbocycles. The van der Waals surface area contributed by atoms with Gasteiger partial charge in [0.15, 0.2) is 11.5 Å². The zero-order valence-corrected chi connectivity index (χ0v) is 24.8. The van der Waals surface area contributed by atoms with Gasteiger partial charge in [-0.2, -0.15) is 8.42 Å². The number of hydrogen-bond acceptors (Lipinski definition) is 12. The summed E-state index contributed by atoms with van der Waals surface area (Å²) in [5, 5.41) is 7.50. The molecule has 3 amide bonds. The number of nitrogens with one attached hydrogen (secondary N) is 2. The Morgan fingerprint density at radius 3 is 2.20 bits per heavy atom. The van der Waals surface area contributed by atoms with E-state index in [0.717, 1.165) is 12.7 Å². The Balaban J connectivity index is 0.000000259. The van der Waals surface area contributed by atoms with E-state index in [1.165, 1.54) is 54.1 Å². The molecule has 45 heavy (non-hydrogen) atoms. The lowest BCUT2D eigenvalue weighted by molar-refractivity contribution is -0.286. The third-order valence-electron chi connectivity index (χ3n) is 5.76. The lowest BCUT2D eigenvalue weighted by Gasteiger charge is -2.09. The number of hydrogen-bond donors (Lipinski definition) is 4. The third kappa shape index (κ3) is 8.91. The molecule has 0 saturated heterocycles. The Morgan fingerprint density at radius 2 is 1.56 bits per heavy atom. The summed E-state index contributed by atoms with van der Waals surface area (Å²) in [6.07, 6.45) is -0.931. The van der Waals surface area contributed by atoms with Crippen molar-refractivity contribution in [2.24, 2.45) is 11.5 Å². The number of alkyl halides is 2. The number of carbonyl (C=O) groups is 3. The minimum absolute atomic E-state index is 0.0267. The van der Waals surface area contributed by atoms with Gasteiger partial charge < -0.3 is 31.6 Å². The van der Waals surface area contributed by atoms with Gasteiger partial charge in [0.2, 0.25) is 0 Å². The number of fused-ring (bicyclic) bond motifs is 1. The minimum Gasteiger partial charge on any atom is -0.395 e. The van der Waals surface area contributed by atoms with Crippen molar-refractivity contribution in [1.29, 1.82) is 0 Å². The second-order valence-corrected chi connectivity index (χ2v) is 11.6. The monoisotopic (exact) mass is 662 g/mol. The number of primary amides is 2. The van der Waals surface area contributed by atoms with Crippen LogP contribution in [0.5, 0.6) is 11.5 Å². The van der Waals surface area contributed by atoms with E-state index >= 15 is 0 Å². The van der Waals surface area contributed by atoms with Crippen LogP contribution in [0.3, 0.4) is 0 Å². The number of carbonyl (C=O) groups excluding carboxylic acids is 3. The SMILES string of the molecule is COS(=O)(=O)Cc1ccnc(C(N)=O)c1.NC(=O)c1cc(CNc2ccsc2C(=O)Nc2ccc3c(c2)OC(F)(F)O3)ccn1. The summed E-state index contributed by atoms with van der Waals surface area (Å²) >= 11 is 1.21. The molecular formula is C27H24F2N6O8S2. The average Bonchev–Trinajstić information content (AvgIpc) is 3.59. The molecule has 4 heterocycles. The summed E-state index contributed by atoms with van der Waals surface area (Å²) in [5.41, 5.74) is 12.4. The maximum atomic E-state index is 13.1. The molecule has 1 aromatic carbocycles. The third-order valence-corrected chi connectivity index (χ3v) is 7.87. The second-order valence-electron chi connectivity index (χ2n) is 9.00. The van der Waals surface area contributed by atoms with E-state index < -0.39 is 34.1 Å². The van der Waals surface area contributed by atoms with Crippen LogP contribution < -0.4 is 31.6 Å². The van der Waals surface area contributed by atoms with Crippen LogP contribution in [0.4, 0.5) is 20.2 Å². The van der Waals surface area contributed by atoms with Crippen LogP contribution in [0, 0.1) is 0 Å². The van der Waals surface area contributed by atoms with Crippen LogP contribution in [-0.4, -0.2) is 49.5 Å². The van der Waals surface area contributed by atoms with E-state index in [1.807, 2.05) is 0 Å². The molecule has 0 radical (unpaired) electrons. The second kappa shape index (κ2) is 13.6. The quantitative estimate of drug-likeness (QED) is 0.181. The van der Waals surface area contributed by atoms with Gasteiger partial charge in [-0.1, -0.05) is 0 Å². The number of thiophene rings is 1. The van der Waals surface area contributed by atoms with Gasteiger partial charge in [0.1, 0.15) is 22.0 Å². The Hall–Kier alpha value is -5.20. The highest BCUT2D eigenvalue weighted by atomic mass is 32.2. The Labute approximate surface area is 258 Å². The van der Waals surface area contributed by atoms with Crippen molar-refractivity contribution in [3.8, 4) is 11.5 Å². The molecule has 0 spiro atoms. The van der Waals surface area contributed by atoms with E-state index in [9.17, 15) is 31.6 Å². The fraction of sp³-hybridized carbons (Fsp3) is 0.148. The van der Waals surface area contributed by atoms with Crippen LogP contribution >= 0.6 is 11.3 Å². The Morgan fingerprint density at radius 1 is 0.933 bits per heavy atom. The number of rotatable bonds is 10. The maximum absolute atomic E-state index is 13.1. The molecule has 0 aliphatic carbocycles. The summed E-state index contributed by atoms with van der Waals surface area (Å²) in [6, 6.07) is 11.8. The van der Waals surface area contributed by atoms with E-state index in [-0.39, 0.29) is 34.3 Å². The van der Waals surface area contributed by atoms with Crippen molar-refractivity contribution in [3.05, 3.63) is 93.7 Å². The summed E-state index contributed by atoms with van der Waals surface area (Å²) in [5.74, 6) is -2.34. The van der Waals surface area contributed by atoms with Gasteiger partial charge in [-0.3, -0.25) is 28.5 Å². The van der Waals surface area contributed by atoms with Crippen molar-refractivity contribution < 1.29 is 45.2 Å². The average molecular weight is 663 g/mol. The first-order chi connectivity index (χ1) is 21.2. The standard InChI is InChI=1S/C19H14F2N4O4S.C8H10N2O4S/c20-19(21)28-14-2-1-11(8-15(14)29-19)25-18(27)16-12(4-6-30-16)24-9-10-3-5-23-13(7-10)17(22)26;1-14-15(12,13)5-6-2-3-10-7(4-6)8(9)11/h1-8,24H,9H2,(H2,22,26)(H,25,27);2-4H,5H2,1H3,(H2,9,11). The van der Waals surface area contributed by atoms with Crippen LogP contribution in [-0.2, 0) is 26.6 Å². The molecule has 0 atom stereocenters. The van der Waals surface area contributed by atoms with Gasteiger partial charge in [0.25, 0.3) is 27.8 Å². The number of pyridine rings is 2. The minimum atomic E-state index is -3.73. The number of amides is 3. The number of nitrogens with zero attached hydrogens (tertiary/aromatic N) is 2. The van der Waals surface area contributed by atoms with Crippen LogP contribution in [0.25, 0.3) is 0 Å².